The zero-order valence-electron chi connectivity index (χ0n) is 19.3. The number of benzene rings is 2. The van der Waals surface area contributed by atoms with E-state index in [0.717, 1.165) is 40.6 Å². The third-order valence-corrected chi connectivity index (χ3v) is 6.73. The molecule has 2 aromatic carbocycles. The molecule has 0 radical (unpaired) electrons. The molecule has 0 saturated heterocycles. The van der Waals surface area contributed by atoms with Crippen molar-refractivity contribution < 1.29 is 5.11 Å². The van der Waals surface area contributed by atoms with Gasteiger partial charge in [-0.05, 0) is 54.9 Å². The van der Waals surface area contributed by atoms with Crippen molar-refractivity contribution >= 4 is 28.8 Å². The quantitative estimate of drug-likeness (QED) is 0.237. The average Bonchev–Trinajstić information content (AvgIpc) is 3.73. The molecular formula is C25H28N8O. The topological polar surface area (TPSA) is 116 Å². The number of aromatic amines is 1. The van der Waals surface area contributed by atoms with Crippen molar-refractivity contribution in [2.75, 3.05) is 12.4 Å². The minimum Gasteiger partial charge on any atom is -0.374 e. The van der Waals surface area contributed by atoms with E-state index in [2.05, 4.69) is 37.0 Å². The maximum Gasteiger partial charge on any atom is 0.225 e. The number of aliphatic hydroxyl groups excluding tert-OH is 1. The summed E-state index contributed by atoms with van der Waals surface area (Å²) in [7, 11) is 3.65. The van der Waals surface area contributed by atoms with Crippen LogP contribution in [0.15, 0.2) is 47.6 Å². The molecule has 2 aliphatic carbocycles. The monoisotopic (exact) mass is 456 g/mol. The van der Waals surface area contributed by atoms with Crippen molar-refractivity contribution in [3.8, 4) is 11.4 Å². The molecule has 34 heavy (non-hydrogen) atoms. The van der Waals surface area contributed by atoms with Crippen molar-refractivity contribution in [1.29, 1.82) is 0 Å². The number of H-pyrrole nitrogens is 1. The molecular weight excluding hydrogens is 428 g/mol. The van der Waals surface area contributed by atoms with E-state index in [1.54, 1.807) is 11.7 Å². The molecule has 0 spiro atoms. The summed E-state index contributed by atoms with van der Waals surface area (Å²) in [5, 5.41) is 30.4. The molecule has 1 atom stereocenters. The third kappa shape index (κ3) is 3.86. The van der Waals surface area contributed by atoms with E-state index in [1.807, 2.05) is 49.8 Å². The Morgan fingerprint density at radius 3 is 2.71 bits per heavy atom. The molecule has 2 aromatic heterocycles. The Balaban J connectivity index is 1.22. The Kier molecular flexibility index (Phi) is 4.96. The maximum absolute atomic E-state index is 10.6. The summed E-state index contributed by atoms with van der Waals surface area (Å²) in [4.78, 5) is 8.87. The highest BCUT2D eigenvalue weighted by Crippen LogP contribution is 2.47. The number of anilines is 2. The fourth-order valence-corrected chi connectivity index (χ4v) is 4.56. The zero-order valence-corrected chi connectivity index (χ0v) is 19.3. The second kappa shape index (κ2) is 8.03. The van der Waals surface area contributed by atoms with Gasteiger partial charge < -0.3 is 10.4 Å². The molecule has 0 amide bonds. The molecule has 0 bridgehead atoms. The van der Waals surface area contributed by atoms with E-state index < -0.39 is 6.23 Å². The highest BCUT2D eigenvalue weighted by atomic mass is 16.3. The van der Waals surface area contributed by atoms with Crippen LogP contribution in [0.1, 0.15) is 49.0 Å². The number of aliphatic hydroxyl groups is 1. The molecule has 2 saturated carbocycles. The van der Waals surface area contributed by atoms with Gasteiger partial charge in [0, 0.05) is 36.9 Å². The van der Waals surface area contributed by atoms with Crippen molar-refractivity contribution in [2.24, 2.45) is 12.0 Å². The fourth-order valence-electron chi connectivity index (χ4n) is 4.56. The normalized spacial score (nSPS) is 18.0. The predicted octanol–water partition coefficient (Wildman–Crippen LogP) is 3.79. The SMILES string of the molecule is CN=CC1(NC(O)c2ccc(-c3nc(Nc4ccc5[nH]ncc5c4C4CC4)n(C)n3)cc2)CC1. The third-order valence-electron chi connectivity index (χ3n) is 6.73. The van der Waals surface area contributed by atoms with Crippen LogP contribution in [0.4, 0.5) is 11.6 Å². The van der Waals surface area contributed by atoms with E-state index in [9.17, 15) is 5.11 Å². The van der Waals surface area contributed by atoms with Gasteiger partial charge in [0.25, 0.3) is 0 Å². The molecule has 2 heterocycles. The summed E-state index contributed by atoms with van der Waals surface area (Å²) in [6.45, 7) is 0. The van der Waals surface area contributed by atoms with Gasteiger partial charge in [-0.3, -0.25) is 15.4 Å². The summed E-state index contributed by atoms with van der Waals surface area (Å²) < 4.78 is 1.76. The number of aliphatic imine (C=N–C) groups is 1. The molecule has 174 valence electrons. The highest BCUT2D eigenvalue weighted by Gasteiger charge is 2.42. The van der Waals surface area contributed by atoms with Gasteiger partial charge in [-0.2, -0.15) is 10.1 Å². The summed E-state index contributed by atoms with van der Waals surface area (Å²) in [5.41, 5.74) is 4.92. The minimum absolute atomic E-state index is 0.172. The Morgan fingerprint density at radius 2 is 2.00 bits per heavy atom. The number of rotatable bonds is 8. The summed E-state index contributed by atoms with van der Waals surface area (Å²) in [5.74, 6) is 1.87. The van der Waals surface area contributed by atoms with Gasteiger partial charge in [0.05, 0.1) is 17.3 Å². The highest BCUT2D eigenvalue weighted by molar-refractivity contribution is 5.89. The summed E-state index contributed by atoms with van der Waals surface area (Å²) in [6.07, 6.45) is 7.41. The van der Waals surface area contributed by atoms with E-state index in [1.165, 1.54) is 18.4 Å². The van der Waals surface area contributed by atoms with Gasteiger partial charge >= 0.3 is 0 Å². The van der Waals surface area contributed by atoms with Crippen LogP contribution in [0, 0.1) is 0 Å². The standard InChI is InChI=1S/C25H28N8O/c1-26-14-25(11-12-25)30-23(34)17-7-5-16(6-8-17)22-29-24(33(2)32-22)28-20-10-9-19-18(13-27-31-19)21(20)15-3-4-15/h5-10,13-15,23,30,34H,3-4,11-12H2,1-2H3,(H,27,31)(H,28,29,32). The van der Waals surface area contributed by atoms with Crippen molar-refractivity contribution in [1.82, 2.24) is 30.3 Å². The van der Waals surface area contributed by atoms with Crippen LogP contribution in [0.2, 0.25) is 0 Å². The average molecular weight is 457 g/mol. The van der Waals surface area contributed by atoms with Crippen LogP contribution in [-0.2, 0) is 7.05 Å². The van der Waals surface area contributed by atoms with Crippen molar-refractivity contribution in [3.63, 3.8) is 0 Å². The Bertz CT molecular complexity index is 1360. The van der Waals surface area contributed by atoms with Crippen LogP contribution in [0.25, 0.3) is 22.3 Å². The van der Waals surface area contributed by atoms with Gasteiger partial charge in [0.15, 0.2) is 5.82 Å². The Hall–Kier alpha value is -3.56. The van der Waals surface area contributed by atoms with E-state index >= 15 is 0 Å². The first kappa shape index (κ1) is 21.0. The molecule has 9 nitrogen and oxygen atoms in total. The van der Waals surface area contributed by atoms with Crippen LogP contribution < -0.4 is 10.6 Å². The number of aryl methyl sites for hydroxylation is 1. The molecule has 2 aliphatic rings. The van der Waals surface area contributed by atoms with Crippen LogP contribution in [0.3, 0.4) is 0 Å². The minimum atomic E-state index is -0.748. The second-order valence-corrected chi connectivity index (χ2v) is 9.35. The Morgan fingerprint density at radius 1 is 1.21 bits per heavy atom. The Labute approximate surface area is 197 Å². The van der Waals surface area contributed by atoms with Gasteiger partial charge in [-0.1, -0.05) is 24.3 Å². The van der Waals surface area contributed by atoms with Gasteiger partial charge in [0.1, 0.15) is 6.23 Å². The van der Waals surface area contributed by atoms with Crippen LogP contribution in [0.5, 0.6) is 0 Å². The van der Waals surface area contributed by atoms with Crippen LogP contribution in [-0.4, -0.2) is 48.9 Å². The number of nitrogens with one attached hydrogen (secondary N) is 3. The smallest absolute Gasteiger partial charge is 0.225 e. The predicted molar refractivity (Wildman–Crippen MR) is 132 cm³/mol. The number of fused-ring (bicyclic) bond motifs is 1. The number of aromatic nitrogens is 5. The fraction of sp³-hybridized carbons (Fsp3) is 0.360. The lowest BCUT2D eigenvalue weighted by molar-refractivity contribution is 0.130. The lowest BCUT2D eigenvalue weighted by atomic mass is 10.0. The first-order valence-electron chi connectivity index (χ1n) is 11.7. The molecule has 1 unspecified atom stereocenters. The molecule has 6 rings (SSSR count). The molecule has 4 aromatic rings. The van der Waals surface area contributed by atoms with Crippen molar-refractivity contribution in [3.05, 3.63) is 53.7 Å². The summed E-state index contributed by atoms with van der Waals surface area (Å²) >= 11 is 0. The first-order chi connectivity index (χ1) is 16.5. The summed E-state index contributed by atoms with van der Waals surface area (Å²) in [6, 6.07) is 11.8. The van der Waals surface area contributed by atoms with E-state index in [-0.39, 0.29) is 5.54 Å². The zero-order chi connectivity index (χ0) is 23.3. The number of nitrogens with zero attached hydrogens (tertiary/aromatic N) is 5. The van der Waals surface area contributed by atoms with Crippen LogP contribution >= 0.6 is 0 Å². The lowest BCUT2D eigenvalue weighted by Gasteiger charge is -2.18. The van der Waals surface area contributed by atoms with Gasteiger partial charge in [0.2, 0.25) is 5.95 Å². The largest absolute Gasteiger partial charge is 0.374 e. The van der Waals surface area contributed by atoms with Gasteiger partial charge in [-0.25, -0.2) is 4.68 Å². The first-order valence-corrected chi connectivity index (χ1v) is 11.7. The number of hydrogen-bond acceptors (Lipinski definition) is 7. The molecule has 9 heteroatoms. The molecule has 0 aliphatic heterocycles. The second-order valence-electron chi connectivity index (χ2n) is 9.35. The number of hydrogen-bond donors (Lipinski definition) is 4. The molecule has 2 fully saturated rings. The van der Waals surface area contributed by atoms with E-state index in [4.69, 9.17) is 4.98 Å². The van der Waals surface area contributed by atoms with Crippen molar-refractivity contribution in [2.45, 2.75) is 43.4 Å². The maximum atomic E-state index is 10.6. The molecule has 4 N–H and O–H groups in total. The van der Waals surface area contributed by atoms with E-state index in [0.29, 0.717) is 17.7 Å². The van der Waals surface area contributed by atoms with Gasteiger partial charge in [-0.15, -0.1) is 5.10 Å². The lowest BCUT2D eigenvalue weighted by Crippen LogP contribution is -2.36.